The van der Waals surface area contributed by atoms with E-state index >= 15 is 0 Å². The Hall–Kier alpha value is -1.53. The van der Waals surface area contributed by atoms with Gasteiger partial charge in [-0.3, -0.25) is 4.90 Å². The lowest BCUT2D eigenvalue weighted by Gasteiger charge is -2.38. The van der Waals surface area contributed by atoms with Gasteiger partial charge in [-0.2, -0.15) is 5.26 Å². The number of likely N-dealkylation sites (tertiary alicyclic amines) is 1. The maximum atomic E-state index is 8.74. The molecule has 3 nitrogen and oxygen atoms in total. The Balaban J connectivity index is 2.00. The van der Waals surface area contributed by atoms with Gasteiger partial charge >= 0.3 is 0 Å². The zero-order chi connectivity index (χ0) is 13.7. The van der Waals surface area contributed by atoms with Gasteiger partial charge in [0.15, 0.2) is 0 Å². The normalized spacial score (nSPS) is 17.1. The van der Waals surface area contributed by atoms with E-state index in [4.69, 9.17) is 5.26 Å². The first kappa shape index (κ1) is 13.9. The van der Waals surface area contributed by atoms with E-state index in [1.165, 1.54) is 11.3 Å². The minimum absolute atomic E-state index is 0.573. The number of aryl methyl sites for hydroxylation is 1. The Morgan fingerprint density at radius 3 is 2.42 bits per heavy atom. The topological polar surface area (TPSA) is 30.3 Å². The summed E-state index contributed by atoms with van der Waals surface area (Å²) < 4.78 is 0. The third-order valence-electron chi connectivity index (χ3n) is 4.00. The van der Waals surface area contributed by atoms with Crippen LogP contribution in [-0.2, 0) is 0 Å². The first-order chi connectivity index (χ1) is 9.24. The number of piperidine rings is 1. The van der Waals surface area contributed by atoms with Gasteiger partial charge in [0.05, 0.1) is 12.6 Å². The van der Waals surface area contributed by atoms with Crippen molar-refractivity contribution in [1.29, 1.82) is 5.26 Å². The lowest BCUT2D eigenvalue weighted by molar-refractivity contribution is 0.231. The van der Waals surface area contributed by atoms with Crippen LogP contribution in [0.1, 0.15) is 25.3 Å². The van der Waals surface area contributed by atoms with Crippen LogP contribution in [0.4, 0.5) is 5.69 Å². The van der Waals surface area contributed by atoms with E-state index in [0.717, 1.165) is 32.5 Å². The standard InChI is InChI=1S/C16H23N3/c1-3-19(15-6-4-14(2)5-7-15)16-8-11-18(12-9-16)13-10-17/h4-7,16H,3,8-9,11-13H2,1-2H3. The summed E-state index contributed by atoms with van der Waals surface area (Å²) in [6.07, 6.45) is 2.31. The first-order valence-electron chi connectivity index (χ1n) is 7.17. The molecule has 1 aliphatic rings. The number of anilines is 1. The van der Waals surface area contributed by atoms with Crippen molar-refractivity contribution in [2.45, 2.75) is 32.7 Å². The minimum atomic E-state index is 0.573. The number of hydrogen-bond donors (Lipinski definition) is 0. The average Bonchev–Trinajstić information content (AvgIpc) is 2.44. The van der Waals surface area contributed by atoms with Crippen LogP contribution < -0.4 is 4.90 Å². The van der Waals surface area contributed by atoms with E-state index in [-0.39, 0.29) is 0 Å². The minimum Gasteiger partial charge on any atom is -0.369 e. The highest BCUT2D eigenvalue weighted by molar-refractivity contribution is 5.48. The van der Waals surface area contributed by atoms with E-state index < -0.39 is 0 Å². The van der Waals surface area contributed by atoms with Gasteiger partial charge in [0.2, 0.25) is 0 Å². The molecule has 1 heterocycles. The van der Waals surface area contributed by atoms with Gasteiger partial charge in [0.25, 0.3) is 0 Å². The Morgan fingerprint density at radius 1 is 1.26 bits per heavy atom. The summed E-state index contributed by atoms with van der Waals surface area (Å²) in [7, 11) is 0. The second kappa shape index (κ2) is 6.58. The summed E-state index contributed by atoms with van der Waals surface area (Å²) in [4.78, 5) is 4.75. The molecule has 2 rings (SSSR count). The van der Waals surface area contributed by atoms with Crippen LogP contribution in [0.15, 0.2) is 24.3 Å². The molecule has 19 heavy (non-hydrogen) atoms. The molecule has 0 radical (unpaired) electrons. The molecule has 1 saturated heterocycles. The van der Waals surface area contributed by atoms with Crippen molar-refractivity contribution >= 4 is 5.69 Å². The lowest BCUT2D eigenvalue weighted by Crippen LogP contribution is -2.45. The van der Waals surface area contributed by atoms with E-state index in [2.05, 4.69) is 54.0 Å². The van der Waals surface area contributed by atoms with Crippen LogP contribution in [0, 0.1) is 18.3 Å². The van der Waals surface area contributed by atoms with E-state index in [9.17, 15) is 0 Å². The van der Waals surface area contributed by atoms with Gasteiger partial charge in [-0.25, -0.2) is 0 Å². The van der Waals surface area contributed by atoms with Crippen molar-refractivity contribution < 1.29 is 0 Å². The van der Waals surface area contributed by atoms with Crippen molar-refractivity contribution in [3.05, 3.63) is 29.8 Å². The Labute approximate surface area is 116 Å². The largest absolute Gasteiger partial charge is 0.369 e. The molecule has 0 bridgehead atoms. The highest BCUT2D eigenvalue weighted by Gasteiger charge is 2.23. The van der Waals surface area contributed by atoms with Crippen molar-refractivity contribution in [2.75, 3.05) is 31.1 Å². The van der Waals surface area contributed by atoms with E-state index in [1.54, 1.807) is 0 Å². The van der Waals surface area contributed by atoms with Gasteiger partial charge in [-0.05, 0) is 38.8 Å². The maximum absolute atomic E-state index is 8.74. The number of nitriles is 1. The SMILES string of the molecule is CCN(c1ccc(C)cc1)C1CCN(CC#N)CC1. The predicted octanol–water partition coefficient (Wildman–Crippen LogP) is 2.81. The van der Waals surface area contributed by atoms with Crippen molar-refractivity contribution in [1.82, 2.24) is 4.90 Å². The first-order valence-corrected chi connectivity index (χ1v) is 7.17. The summed E-state index contributed by atoms with van der Waals surface area (Å²) >= 11 is 0. The van der Waals surface area contributed by atoms with E-state index in [1.807, 2.05) is 0 Å². The van der Waals surface area contributed by atoms with Gasteiger partial charge in [0.1, 0.15) is 0 Å². The molecule has 0 aromatic heterocycles. The smallest absolute Gasteiger partial charge is 0.0866 e. The second-order valence-corrected chi connectivity index (χ2v) is 5.29. The van der Waals surface area contributed by atoms with Crippen LogP contribution in [0.5, 0.6) is 0 Å². The summed E-state index contributed by atoms with van der Waals surface area (Å²) in [5.74, 6) is 0. The molecule has 0 unspecified atom stereocenters. The molecule has 3 heteroatoms. The van der Waals surface area contributed by atoms with Crippen molar-refractivity contribution in [3.8, 4) is 6.07 Å². The molecule has 1 aliphatic heterocycles. The summed E-state index contributed by atoms with van der Waals surface area (Å²) in [5.41, 5.74) is 2.63. The second-order valence-electron chi connectivity index (χ2n) is 5.29. The van der Waals surface area contributed by atoms with Gasteiger partial charge in [0, 0.05) is 31.4 Å². The molecule has 1 aromatic carbocycles. The number of hydrogen-bond acceptors (Lipinski definition) is 3. The molecule has 102 valence electrons. The van der Waals surface area contributed by atoms with Crippen LogP contribution in [-0.4, -0.2) is 37.1 Å². The highest BCUT2D eigenvalue weighted by Crippen LogP contribution is 2.23. The number of rotatable bonds is 4. The van der Waals surface area contributed by atoms with Crippen molar-refractivity contribution in [3.63, 3.8) is 0 Å². The molecular weight excluding hydrogens is 234 g/mol. The molecule has 0 atom stereocenters. The zero-order valence-corrected chi connectivity index (χ0v) is 12.0. The molecular formula is C16H23N3. The zero-order valence-electron chi connectivity index (χ0n) is 12.0. The van der Waals surface area contributed by atoms with Crippen LogP contribution in [0.2, 0.25) is 0 Å². The monoisotopic (exact) mass is 257 g/mol. The fourth-order valence-electron chi connectivity index (χ4n) is 2.88. The molecule has 0 saturated carbocycles. The summed E-state index contributed by atoms with van der Waals surface area (Å²) in [5, 5.41) is 8.74. The molecule has 0 aliphatic carbocycles. The Kier molecular flexibility index (Phi) is 4.81. The van der Waals surface area contributed by atoms with Crippen LogP contribution in [0.3, 0.4) is 0 Å². The molecule has 1 aromatic rings. The fourth-order valence-corrected chi connectivity index (χ4v) is 2.88. The highest BCUT2D eigenvalue weighted by atomic mass is 15.2. The third kappa shape index (κ3) is 3.48. The number of benzene rings is 1. The van der Waals surface area contributed by atoms with Gasteiger partial charge < -0.3 is 4.90 Å². The van der Waals surface area contributed by atoms with Crippen LogP contribution in [0.25, 0.3) is 0 Å². The van der Waals surface area contributed by atoms with Gasteiger partial charge in [-0.1, -0.05) is 17.7 Å². The van der Waals surface area contributed by atoms with Crippen molar-refractivity contribution in [2.24, 2.45) is 0 Å². The third-order valence-corrected chi connectivity index (χ3v) is 4.00. The van der Waals surface area contributed by atoms with E-state index in [0.29, 0.717) is 12.6 Å². The Morgan fingerprint density at radius 2 is 1.89 bits per heavy atom. The molecule has 0 spiro atoms. The lowest BCUT2D eigenvalue weighted by atomic mass is 10.0. The maximum Gasteiger partial charge on any atom is 0.0866 e. The Bertz CT molecular complexity index is 424. The summed E-state index contributed by atoms with van der Waals surface area (Å²) in [6.45, 7) is 8.05. The number of nitrogens with zero attached hydrogens (tertiary/aromatic N) is 3. The summed E-state index contributed by atoms with van der Waals surface area (Å²) in [6, 6.07) is 11.7. The molecule has 0 N–H and O–H groups in total. The fraction of sp³-hybridized carbons (Fsp3) is 0.562. The average molecular weight is 257 g/mol. The predicted molar refractivity (Wildman–Crippen MR) is 79.3 cm³/mol. The van der Waals surface area contributed by atoms with Crippen LogP contribution >= 0.6 is 0 Å². The molecule has 1 fully saturated rings. The van der Waals surface area contributed by atoms with Gasteiger partial charge in [-0.15, -0.1) is 0 Å². The quantitative estimate of drug-likeness (QED) is 0.777. The molecule has 0 amide bonds.